The van der Waals surface area contributed by atoms with Gasteiger partial charge in [-0.05, 0) is 56.3 Å². The zero-order valence-electron chi connectivity index (χ0n) is 13.9. The highest BCUT2D eigenvalue weighted by molar-refractivity contribution is 5.97. The summed E-state index contributed by atoms with van der Waals surface area (Å²) >= 11 is 0. The van der Waals surface area contributed by atoms with E-state index < -0.39 is 0 Å². The number of azide groups is 1. The Morgan fingerprint density at radius 3 is 3.04 bits per heavy atom. The van der Waals surface area contributed by atoms with E-state index in [1.54, 1.807) is 0 Å². The molecule has 0 radical (unpaired) electrons. The molecule has 2 heterocycles. The maximum absolute atomic E-state index is 12.5. The van der Waals surface area contributed by atoms with Gasteiger partial charge in [0, 0.05) is 35.3 Å². The average molecular weight is 329 g/mol. The summed E-state index contributed by atoms with van der Waals surface area (Å²) in [6, 6.07) is 5.56. The van der Waals surface area contributed by atoms with Crippen molar-refractivity contribution >= 4 is 11.6 Å². The normalized spacial score (nSPS) is 27.0. The lowest BCUT2D eigenvalue weighted by molar-refractivity contribution is 0.0457. The monoisotopic (exact) mass is 329 g/mol. The third-order valence-electron chi connectivity index (χ3n) is 5.21. The molecule has 0 unspecified atom stereocenters. The van der Waals surface area contributed by atoms with Crippen LogP contribution in [0.5, 0.6) is 5.75 Å². The number of phenolic OH excluding ortho intramolecular Hbond substituents is 1. The Morgan fingerprint density at radius 2 is 2.25 bits per heavy atom. The van der Waals surface area contributed by atoms with Crippen molar-refractivity contribution in [3.63, 3.8) is 0 Å². The first-order chi connectivity index (χ1) is 11.6. The van der Waals surface area contributed by atoms with Crippen LogP contribution in [0.25, 0.3) is 10.4 Å². The lowest BCUT2D eigenvalue weighted by Gasteiger charge is -2.46. The highest BCUT2D eigenvalue weighted by Crippen LogP contribution is 2.30. The summed E-state index contributed by atoms with van der Waals surface area (Å²) in [5, 5.41) is 16.4. The van der Waals surface area contributed by atoms with E-state index in [9.17, 15) is 9.90 Å². The maximum atomic E-state index is 12.5. The summed E-state index contributed by atoms with van der Waals surface area (Å²) in [5.41, 5.74) is 8.97. The summed E-state index contributed by atoms with van der Waals surface area (Å²) in [7, 11) is 0. The fraction of sp³-hybridized carbons (Fsp3) is 0.588. The van der Waals surface area contributed by atoms with Gasteiger partial charge >= 0.3 is 0 Å². The molecule has 2 aliphatic rings. The smallest absolute Gasteiger partial charge is 0.255 e. The van der Waals surface area contributed by atoms with Crippen molar-refractivity contribution in [1.29, 1.82) is 0 Å². The van der Waals surface area contributed by atoms with E-state index in [1.807, 2.05) is 0 Å². The quantitative estimate of drug-likeness (QED) is 0.504. The second-order valence-electron chi connectivity index (χ2n) is 6.76. The molecule has 0 bridgehead atoms. The molecular formula is C17H23N5O2. The van der Waals surface area contributed by atoms with E-state index in [0.29, 0.717) is 17.8 Å². The van der Waals surface area contributed by atoms with Gasteiger partial charge in [0.25, 0.3) is 5.91 Å². The minimum Gasteiger partial charge on any atom is -0.507 e. The Kier molecular flexibility index (Phi) is 4.92. The van der Waals surface area contributed by atoms with Crippen LogP contribution >= 0.6 is 0 Å². The number of phenols is 1. The number of amides is 1. The second-order valence-corrected chi connectivity index (χ2v) is 6.76. The first kappa shape index (κ1) is 16.6. The molecule has 1 amide bonds. The zero-order valence-corrected chi connectivity index (χ0v) is 13.9. The Labute approximate surface area is 141 Å². The van der Waals surface area contributed by atoms with Crippen LogP contribution < -0.4 is 5.32 Å². The molecule has 0 aromatic heterocycles. The number of piperidine rings is 2. The average Bonchev–Trinajstić information content (AvgIpc) is 2.57. The van der Waals surface area contributed by atoms with Crippen molar-refractivity contribution in [2.75, 3.05) is 6.54 Å². The number of carbonyl (C=O) groups is 1. The van der Waals surface area contributed by atoms with Gasteiger partial charge in [-0.15, -0.1) is 0 Å². The number of rotatable bonds is 3. The fourth-order valence-electron chi connectivity index (χ4n) is 3.96. The van der Waals surface area contributed by atoms with E-state index >= 15 is 0 Å². The van der Waals surface area contributed by atoms with E-state index in [4.69, 9.17) is 5.53 Å². The molecule has 3 atom stereocenters. The summed E-state index contributed by atoms with van der Waals surface area (Å²) in [5.74, 6) is -0.419. The first-order valence-corrected chi connectivity index (χ1v) is 8.53. The predicted molar refractivity (Wildman–Crippen MR) is 91.2 cm³/mol. The van der Waals surface area contributed by atoms with Crippen LogP contribution in [0, 0.1) is 0 Å². The van der Waals surface area contributed by atoms with Crippen LogP contribution in [0.1, 0.15) is 49.4 Å². The number of carbonyl (C=O) groups excluding carboxylic acids is 1. The molecule has 1 aromatic carbocycles. The SMILES string of the molecule is C[C@@H]1CCC[C@@H]2C[C@@H](NC(=O)c3cc(N=[N+]=[N-])ccc3O)CCN21. The zero-order chi connectivity index (χ0) is 17.1. The standard InChI is InChI=1S/C17H23N5O2/c1-11-3-2-4-14-9-12(7-8-22(11)14)19-17(24)15-10-13(20-21-18)5-6-16(15)23/h5-6,10-12,14,23H,2-4,7-9H2,1H3,(H,19,24)/t11-,12+,14-/m1/s1. The number of hydrogen-bond acceptors (Lipinski definition) is 4. The lowest BCUT2D eigenvalue weighted by atomic mass is 9.87. The molecule has 1 aromatic rings. The Morgan fingerprint density at radius 1 is 1.42 bits per heavy atom. The van der Waals surface area contributed by atoms with Gasteiger partial charge in [0.05, 0.1) is 5.56 Å². The van der Waals surface area contributed by atoms with Crippen LogP contribution in [-0.2, 0) is 0 Å². The van der Waals surface area contributed by atoms with E-state index in [2.05, 4.69) is 27.2 Å². The third kappa shape index (κ3) is 3.47. The number of nitrogens with one attached hydrogen (secondary N) is 1. The largest absolute Gasteiger partial charge is 0.507 e. The molecule has 0 saturated carbocycles. The van der Waals surface area contributed by atoms with Gasteiger partial charge in [0.1, 0.15) is 5.75 Å². The minimum atomic E-state index is -0.315. The van der Waals surface area contributed by atoms with Gasteiger partial charge in [-0.1, -0.05) is 11.5 Å². The van der Waals surface area contributed by atoms with Crippen molar-refractivity contribution in [3.05, 3.63) is 34.2 Å². The molecule has 3 rings (SSSR count). The van der Waals surface area contributed by atoms with Gasteiger partial charge in [0.2, 0.25) is 0 Å². The Bertz CT molecular complexity index is 671. The summed E-state index contributed by atoms with van der Waals surface area (Å²) in [4.78, 5) is 17.8. The van der Waals surface area contributed by atoms with Crippen molar-refractivity contribution in [1.82, 2.24) is 10.2 Å². The fourth-order valence-corrected chi connectivity index (χ4v) is 3.96. The molecule has 0 aliphatic carbocycles. The predicted octanol–water partition coefficient (Wildman–Crippen LogP) is 3.47. The molecule has 2 N–H and O–H groups in total. The highest BCUT2D eigenvalue weighted by Gasteiger charge is 2.34. The molecule has 2 fully saturated rings. The molecule has 128 valence electrons. The van der Waals surface area contributed by atoms with Gasteiger partial charge in [-0.25, -0.2) is 0 Å². The minimum absolute atomic E-state index is 0.104. The van der Waals surface area contributed by atoms with Crippen molar-refractivity contribution in [2.45, 2.75) is 57.2 Å². The van der Waals surface area contributed by atoms with Crippen LogP contribution in [0.15, 0.2) is 23.3 Å². The van der Waals surface area contributed by atoms with E-state index in [1.165, 1.54) is 37.5 Å². The highest BCUT2D eigenvalue weighted by atomic mass is 16.3. The number of benzene rings is 1. The number of hydrogen-bond donors (Lipinski definition) is 2. The van der Waals surface area contributed by atoms with Crippen molar-refractivity contribution in [3.8, 4) is 5.75 Å². The first-order valence-electron chi connectivity index (χ1n) is 8.53. The number of fused-ring (bicyclic) bond motifs is 1. The van der Waals surface area contributed by atoms with Gasteiger partial charge in [-0.2, -0.15) is 0 Å². The topological polar surface area (TPSA) is 101 Å². The van der Waals surface area contributed by atoms with Gasteiger partial charge in [0.15, 0.2) is 0 Å². The van der Waals surface area contributed by atoms with Crippen molar-refractivity contribution in [2.24, 2.45) is 5.11 Å². The van der Waals surface area contributed by atoms with Crippen LogP contribution in [0.2, 0.25) is 0 Å². The second kappa shape index (κ2) is 7.11. The summed E-state index contributed by atoms with van der Waals surface area (Å²) in [6.07, 6.45) is 5.57. The molecular weight excluding hydrogens is 306 g/mol. The molecule has 7 heteroatoms. The van der Waals surface area contributed by atoms with E-state index in [-0.39, 0.29) is 23.3 Å². The lowest BCUT2D eigenvalue weighted by Crippen LogP contribution is -2.54. The van der Waals surface area contributed by atoms with Crippen molar-refractivity contribution < 1.29 is 9.90 Å². The molecule has 7 nitrogen and oxygen atoms in total. The van der Waals surface area contributed by atoms with Crippen LogP contribution in [-0.4, -0.2) is 40.6 Å². The summed E-state index contributed by atoms with van der Waals surface area (Å²) < 4.78 is 0. The Balaban J connectivity index is 1.67. The number of aromatic hydroxyl groups is 1. The molecule has 24 heavy (non-hydrogen) atoms. The maximum Gasteiger partial charge on any atom is 0.255 e. The molecule has 0 spiro atoms. The van der Waals surface area contributed by atoms with Gasteiger partial charge in [-0.3, -0.25) is 9.69 Å². The Hall–Kier alpha value is -2.24. The number of nitrogens with zero attached hydrogens (tertiary/aromatic N) is 4. The molecule has 2 aliphatic heterocycles. The van der Waals surface area contributed by atoms with Crippen LogP contribution in [0.4, 0.5) is 5.69 Å². The summed E-state index contributed by atoms with van der Waals surface area (Å²) in [6.45, 7) is 3.28. The van der Waals surface area contributed by atoms with Crippen LogP contribution in [0.3, 0.4) is 0 Å². The molecule has 2 saturated heterocycles. The van der Waals surface area contributed by atoms with Gasteiger partial charge < -0.3 is 10.4 Å². The third-order valence-corrected chi connectivity index (χ3v) is 5.21. The van der Waals surface area contributed by atoms with E-state index in [0.717, 1.165) is 19.4 Å².